The zero-order chi connectivity index (χ0) is 22.9. The fraction of sp³-hybridized carbons (Fsp3) is 0.360. The molecule has 0 unspecified atom stereocenters. The van der Waals surface area contributed by atoms with Gasteiger partial charge in [-0.3, -0.25) is 9.78 Å². The average Bonchev–Trinajstić information content (AvgIpc) is 3.35. The number of para-hydroxylation sites is 2. The van der Waals surface area contributed by atoms with E-state index >= 15 is 0 Å². The number of amides is 1. The lowest BCUT2D eigenvalue weighted by molar-refractivity contribution is 0.100. The molecule has 0 saturated carbocycles. The van der Waals surface area contributed by atoms with Crippen molar-refractivity contribution < 1.29 is 9.53 Å². The van der Waals surface area contributed by atoms with Crippen LogP contribution in [0.25, 0.3) is 11.3 Å². The van der Waals surface area contributed by atoms with E-state index in [9.17, 15) is 4.79 Å². The fourth-order valence-electron chi connectivity index (χ4n) is 4.36. The number of benzene rings is 1. The molecule has 0 aliphatic carbocycles. The van der Waals surface area contributed by atoms with Gasteiger partial charge in [0.1, 0.15) is 0 Å². The molecule has 3 aromatic rings. The first-order chi connectivity index (χ1) is 16.0. The topological polar surface area (TPSA) is 84.6 Å². The molecule has 1 amide bonds. The number of carbonyl (C=O) groups excluding carboxylic acids is 1. The van der Waals surface area contributed by atoms with E-state index in [4.69, 9.17) is 9.72 Å². The predicted octanol–water partition coefficient (Wildman–Crippen LogP) is 4.28. The number of carbonyl (C=O) groups is 1. The van der Waals surface area contributed by atoms with E-state index in [1.807, 2.05) is 38.2 Å². The third kappa shape index (κ3) is 4.08. The molecular formula is C25H28N6O2. The number of fused-ring (bicyclic) bond motifs is 7. The Kier molecular flexibility index (Phi) is 5.58. The molecule has 2 aliphatic rings. The predicted molar refractivity (Wildman–Crippen MR) is 129 cm³/mol. The number of pyridine rings is 1. The highest BCUT2D eigenvalue weighted by Crippen LogP contribution is 2.34. The molecule has 4 heterocycles. The first kappa shape index (κ1) is 21.2. The number of nitrogens with one attached hydrogen (secondary N) is 1. The number of aryl methyl sites for hydroxylation is 2. The number of nitrogens with zero attached hydrogens (tertiary/aromatic N) is 5. The Labute approximate surface area is 193 Å². The molecule has 2 bridgehead atoms. The molecule has 170 valence electrons. The van der Waals surface area contributed by atoms with E-state index in [0.717, 1.165) is 42.0 Å². The van der Waals surface area contributed by atoms with E-state index in [2.05, 4.69) is 33.3 Å². The summed E-state index contributed by atoms with van der Waals surface area (Å²) in [4.78, 5) is 24.7. The van der Waals surface area contributed by atoms with Gasteiger partial charge in [-0.15, -0.1) is 0 Å². The van der Waals surface area contributed by atoms with Crippen LogP contribution in [0.5, 0.6) is 5.88 Å². The van der Waals surface area contributed by atoms with Gasteiger partial charge < -0.3 is 15.0 Å². The summed E-state index contributed by atoms with van der Waals surface area (Å²) in [6.45, 7) is 5.59. The van der Waals surface area contributed by atoms with Crippen molar-refractivity contribution in [2.24, 2.45) is 18.0 Å². The van der Waals surface area contributed by atoms with Crippen molar-refractivity contribution in [2.75, 3.05) is 23.4 Å². The van der Waals surface area contributed by atoms with E-state index in [0.29, 0.717) is 42.0 Å². The first-order valence-electron chi connectivity index (χ1n) is 11.5. The molecule has 1 aromatic carbocycles. The van der Waals surface area contributed by atoms with Gasteiger partial charge in [-0.05, 0) is 49.4 Å². The van der Waals surface area contributed by atoms with Gasteiger partial charge in [0.05, 0.1) is 35.4 Å². The molecule has 0 radical (unpaired) electrons. The van der Waals surface area contributed by atoms with Gasteiger partial charge in [-0.25, -0.2) is 4.68 Å². The number of guanidine groups is 1. The SMILES string of the molecule is CCc1cc2cc(n1)-c1cnn(C)c1OCCC[C@@H](C)CN1/C(=N/C2=O)Nc2ccccc21. The number of aliphatic imine (C=N–C) groups is 1. The minimum atomic E-state index is -0.303. The van der Waals surface area contributed by atoms with E-state index in [1.165, 1.54) is 0 Å². The van der Waals surface area contributed by atoms with Crippen LogP contribution in [0.15, 0.2) is 47.6 Å². The second kappa shape index (κ2) is 8.69. The maximum atomic E-state index is 13.3. The van der Waals surface area contributed by atoms with E-state index in [-0.39, 0.29) is 5.91 Å². The molecule has 33 heavy (non-hydrogen) atoms. The number of anilines is 2. The van der Waals surface area contributed by atoms with Crippen LogP contribution in [0.3, 0.4) is 0 Å². The van der Waals surface area contributed by atoms with Gasteiger partial charge in [0.25, 0.3) is 5.91 Å². The van der Waals surface area contributed by atoms with Crippen molar-refractivity contribution in [1.82, 2.24) is 14.8 Å². The van der Waals surface area contributed by atoms with Crippen molar-refractivity contribution in [2.45, 2.75) is 33.1 Å². The summed E-state index contributed by atoms with van der Waals surface area (Å²) < 4.78 is 7.86. The lowest BCUT2D eigenvalue weighted by atomic mass is 10.1. The smallest absolute Gasteiger partial charge is 0.280 e. The van der Waals surface area contributed by atoms with Gasteiger partial charge in [0, 0.05) is 24.8 Å². The van der Waals surface area contributed by atoms with Crippen LogP contribution in [0, 0.1) is 5.92 Å². The van der Waals surface area contributed by atoms with Crippen LogP contribution in [-0.2, 0) is 13.5 Å². The maximum absolute atomic E-state index is 13.3. The summed E-state index contributed by atoms with van der Waals surface area (Å²) in [6.07, 6.45) is 4.34. The summed E-state index contributed by atoms with van der Waals surface area (Å²) in [5.41, 5.74) is 4.78. The monoisotopic (exact) mass is 444 g/mol. The minimum absolute atomic E-state index is 0.303. The standard InChI is InChI=1S/C25H28N6O2/c1-4-18-12-17-13-21(27-18)19-14-26-30(3)24(19)33-11-7-8-16(2)15-31-22-10-6-5-9-20(22)28-25(31)29-23(17)32/h5-6,9-10,12-14,16H,4,7-8,11,15H2,1-3H3,(H,28,29,32)/t16-/m1/s1. The summed E-state index contributed by atoms with van der Waals surface area (Å²) in [5, 5.41) is 7.71. The molecule has 1 atom stereocenters. The first-order valence-corrected chi connectivity index (χ1v) is 11.5. The summed E-state index contributed by atoms with van der Waals surface area (Å²) in [6, 6.07) is 11.7. The van der Waals surface area contributed by atoms with Gasteiger partial charge in [0.15, 0.2) is 0 Å². The van der Waals surface area contributed by atoms with Gasteiger partial charge in [0.2, 0.25) is 11.8 Å². The van der Waals surface area contributed by atoms with Crippen LogP contribution in [0.4, 0.5) is 11.4 Å². The zero-order valence-corrected chi connectivity index (χ0v) is 19.2. The second-order valence-corrected chi connectivity index (χ2v) is 8.66. The molecule has 0 spiro atoms. The van der Waals surface area contributed by atoms with Gasteiger partial charge >= 0.3 is 0 Å². The molecule has 1 N–H and O–H groups in total. The van der Waals surface area contributed by atoms with Crippen molar-refractivity contribution >= 4 is 23.2 Å². The largest absolute Gasteiger partial charge is 0.477 e. The van der Waals surface area contributed by atoms with Crippen LogP contribution < -0.4 is 15.0 Å². The van der Waals surface area contributed by atoms with Crippen molar-refractivity contribution in [3.8, 4) is 17.1 Å². The van der Waals surface area contributed by atoms with Crippen molar-refractivity contribution in [3.05, 3.63) is 53.9 Å². The maximum Gasteiger partial charge on any atom is 0.280 e. The third-order valence-corrected chi connectivity index (χ3v) is 6.13. The number of aromatic nitrogens is 3. The second-order valence-electron chi connectivity index (χ2n) is 8.66. The molecule has 0 saturated heterocycles. The highest BCUT2D eigenvalue weighted by Gasteiger charge is 2.28. The molecule has 5 rings (SSSR count). The van der Waals surface area contributed by atoms with Gasteiger partial charge in [-0.1, -0.05) is 26.0 Å². The Hall–Kier alpha value is -3.68. The van der Waals surface area contributed by atoms with Gasteiger partial charge in [-0.2, -0.15) is 10.1 Å². The Morgan fingerprint density at radius 1 is 1.24 bits per heavy atom. The van der Waals surface area contributed by atoms with Crippen LogP contribution in [0.1, 0.15) is 42.7 Å². The molecule has 8 nitrogen and oxygen atoms in total. The van der Waals surface area contributed by atoms with Crippen LogP contribution in [-0.4, -0.2) is 39.8 Å². The zero-order valence-electron chi connectivity index (χ0n) is 19.2. The number of rotatable bonds is 1. The highest BCUT2D eigenvalue weighted by atomic mass is 16.5. The third-order valence-electron chi connectivity index (χ3n) is 6.13. The Morgan fingerprint density at radius 2 is 2.09 bits per heavy atom. The van der Waals surface area contributed by atoms with Crippen molar-refractivity contribution in [1.29, 1.82) is 0 Å². The van der Waals surface area contributed by atoms with Crippen molar-refractivity contribution in [3.63, 3.8) is 0 Å². The number of hydrogen-bond acceptors (Lipinski definition) is 6. The summed E-state index contributed by atoms with van der Waals surface area (Å²) in [5.74, 6) is 1.31. The summed E-state index contributed by atoms with van der Waals surface area (Å²) in [7, 11) is 1.86. The normalized spacial score (nSPS) is 19.7. The fourth-order valence-corrected chi connectivity index (χ4v) is 4.36. The quantitative estimate of drug-likeness (QED) is 0.603. The molecular weight excluding hydrogens is 416 g/mol. The number of hydrogen-bond donors (Lipinski definition) is 1. The molecule has 2 aliphatic heterocycles. The summed E-state index contributed by atoms with van der Waals surface area (Å²) >= 11 is 0. The minimum Gasteiger partial charge on any atom is -0.477 e. The lowest BCUT2D eigenvalue weighted by Crippen LogP contribution is -2.35. The Bertz CT molecular complexity index is 1230. The molecule has 0 fully saturated rings. The molecule has 2 aromatic heterocycles. The Balaban J connectivity index is 1.61. The highest BCUT2D eigenvalue weighted by molar-refractivity contribution is 6.19. The van der Waals surface area contributed by atoms with Crippen LogP contribution in [0.2, 0.25) is 0 Å². The Morgan fingerprint density at radius 3 is 2.94 bits per heavy atom. The van der Waals surface area contributed by atoms with Crippen LogP contribution >= 0.6 is 0 Å². The lowest BCUT2D eigenvalue weighted by Gasteiger charge is -2.23. The average molecular weight is 445 g/mol. The van der Waals surface area contributed by atoms with E-state index < -0.39 is 0 Å². The number of ether oxygens (including phenoxy) is 1. The van der Waals surface area contributed by atoms with E-state index in [1.54, 1.807) is 16.9 Å². The molecule has 8 heteroatoms.